The Bertz CT molecular complexity index is 1270. The second-order valence-corrected chi connectivity index (χ2v) is 7.53. The van der Waals surface area contributed by atoms with Gasteiger partial charge in [0.05, 0.1) is 23.7 Å². The van der Waals surface area contributed by atoms with Gasteiger partial charge in [0.2, 0.25) is 0 Å². The minimum absolute atomic E-state index is 0.0586. The summed E-state index contributed by atoms with van der Waals surface area (Å²) in [7, 11) is 1.45. The normalized spacial score (nSPS) is 10.8. The molecule has 3 rings (SSSR count). The summed E-state index contributed by atoms with van der Waals surface area (Å²) in [6, 6.07) is 7.28. The summed E-state index contributed by atoms with van der Waals surface area (Å²) in [5.74, 6) is 0.264. The number of benzene rings is 2. The minimum Gasteiger partial charge on any atom is -0.496 e. The van der Waals surface area contributed by atoms with Crippen molar-refractivity contribution in [3.05, 3.63) is 72.6 Å². The zero-order valence-corrected chi connectivity index (χ0v) is 19.1. The predicted molar refractivity (Wildman–Crippen MR) is 121 cm³/mol. The molecule has 9 nitrogen and oxygen atoms in total. The Morgan fingerprint density at radius 2 is 1.97 bits per heavy atom. The lowest BCUT2D eigenvalue weighted by Gasteiger charge is -2.13. The van der Waals surface area contributed by atoms with Crippen LogP contribution in [0.15, 0.2) is 39.5 Å². The van der Waals surface area contributed by atoms with Crippen molar-refractivity contribution in [2.45, 2.75) is 33.3 Å². The van der Waals surface area contributed by atoms with Gasteiger partial charge in [-0.15, -0.1) is 0 Å². The fourth-order valence-corrected chi connectivity index (χ4v) is 3.61. The number of nitrogens with zero attached hydrogens (tertiary/aromatic N) is 1. The van der Waals surface area contributed by atoms with E-state index in [4.69, 9.17) is 30.2 Å². The fraction of sp³-hybridized carbons (Fsp3) is 0.304. The van der Waals surface area contributed by atoms with Crippen molar-refractivity contribution in [2.75, 3.05) is 13.7 Å². The van der Waals surface area contributed by atoms with Gasteiger partial charge >= 0.3 is 11.6 Å². The number of nitro benzene ring substituents is 1. The van der Waals surface area contributed by atoms with Gasteiger partial charge in [0.15, 0.2) is 0 Å². The van der Waals surface area contributed by atoms with Crippen LogP contribution in [0.4, 0.5) is 5.69 Å². The van der Waals surface area contributed by atoms with Crippen LogP contribution in [0.1, 0.15) is 30.0 Å². The van der Waals surface area contributed by atoms with E-state index in [1.165, 1.54) is 31.4 Å². The number of carbonyl (C=O) groups excluding carboxylic acids is 1. The lowest BCUT2D eigenvalue weighted by molar-refractivity contribution is -0.385. The highest BCUT2D eigenvalue weighted by Gasteiger charge is 2.17. The first-order valence-corrected chi connectivity index (χ1v) is 10.5. The summed E-state index contributed by atoms with van der Waals surface area (Å²) in [6.07, 6.45) is 0.246. The molecular formula is C23H22ClNO8. The first-order valence-electron chi connectivity index (χ1n) is 10.1. The van der Waals surface area contributed by atoms with Gasteiger partial charge in [-0.3, -0.25) is 14.9 Å². The number of fused-ring (bicyclic) bond motifs is 1. The van der Waals surface area contributed by atoms with Crippen LogP contribution in [0.5, 0.6) is 11.5 Å². The maximum absolute atomic E-state index is 12.5. The van der Waals surface area contributed by atoms with Crippen molar-refractivity contribution in [1.82, 2.24) is 0 Å². The van der Waals surface area contributed by atoms with Gasteiger partial charge in [-0.2, -0.15) is 0 Å². The molecule has 1 aromatic heterocycles. The van der Waals surface area contributed by atoms with E-state index in [9.17, 15) is 19.7 Å². The number of methoxy groups -OCH3 is 1. The Kier molecular flexibility index (Phi) is 7.55. The van der Waals surface area contributed by atoms with E-state index in [1.54, 1.807) is 19.9 Å². The number of hydrogen-bond acceptors (Lipinski definition) is 8. The predicted octanol–water partition coefficient (Wildman–Crippen LogP) is 4.75. The third kappa shape index (κ3) is 5.43. The molecule has 0 N–H and O–H groups in total. The average Bonchev–Trinajstić information content (AvgIpc) is 2.78. The maximum atomic E-state index is 12.5. The second-order valence-electron chi connectivity index (χ2n) is 7.12. The first kappa shape index (κ1) is 24.1. The van der Waals surface area contributed by atoms with Crippen LogP contribution in [0, 0.1) is 17.0 Å². The summed E-state index contributed by atoms with van der Waals surface area (Å²) < 4.78 is 21.4. The summed E-state index contributed by atoms with van der Waals surface area (Å²) in [6.45, 7) is 3.68. The van der Waals surface area contributed by atoms with Gasteiger partial charge in [0, 0.05) is 41.1 Å². The third-order valence-electron chi connectivity index (χ3n) is 5.08. The Morgan fingerprint density at radius 3 is 2.64 bits per heavy atom. The molecule has 0 spiro atoms. The Hall–Kier alpha value is -3.59. The van der Waals surface area contributed by atoms with Gasteiger partial charge in [0.25, 0.3) is 5.69 Å². The molecule has 0 aliphatic heterocycles. The lowest BCUT2D eigenvalue weighted by Crippen LogP contribution is -2.13. The molecule has 0 saturated heterocycles. The highest BCUT2D eigenvalue weighted by atomic mass is 35.5. The second kappa shape index (κ2) is 10.4. The monoisotopic (exact) mass is 475 g/mol. The van der Waals surface area contributed by atoms with Crippen LogP contribution in [0.3, 0.4) is 0 Å². The zero-order valence-electron chi connectivity index (χ0n) is 18.3. The number of rotatable bonds is 9. The summed E-state index contributed by atoms with van der Waals surface area (Å²) >= 11 is 6.40. The molecule has 174 valence electrons. The Labute approximate surface area is 194 Å². The van der Waals surface area contributed by atoms with Gasteiger partial charge in [0.1, 0.15) is 23.7 Å². The van der Waals surface area contributed by atoms with Crippen LogP contribution in [0.2, 0.25) is 5.02 Å². The van der Waals surface area contributed by atoms with E-state index >= 15 is 0 Å². The molecule has 3 aromatic rings. The number of non-ortho nitro benzene ring substituents is 1. The SMILES string of the molecule is CCOC(=O)CCc1c(C)c2cc(Cl)c(OCc3cc([N+](=O)[O-])ccc3OC)cc2oc1=O. The molecule has 0 fully saturated rings. The standard InChI is InChI=1S/C23H22ClNO8/c1-4-31-22(26)8-6-16-13(2)17-10-18(24)21(11-20(17)33-23(16)27)32-12-14-9-15(25(28)29)5-7-19(14)30-3/h5,7,9-11H,4,6,8,12H2,1-3H3. The third-order valence-corrected chi connectivity index (χ3v) is 5.38. The van der Waals surface area contributed by atoms with Crippen molar-refractivity contribution in [2.24, 2.45) is 0 Å². The van der Waals surface area contributed by atoms with Crippen molar-refractivity contribution in [3.63, 3.8) is 0 Å². The topological polar surface area (TPSA) is 118 Å². The highest BCUT2D eigenvalue weighted by molar-refractivity contribution is 6.32. The van der Waals surface area contributed by atoms with Gasteiger partial charge in [-0.05, 0) is 38.0 Å². The Morgan fingerprint density at radius 1 is 1.21 bits per heavy atom. The molecule has 0 aliphatic rings. The molecule has 2 aromatic carbocycles. The number of nitro groups is 1. The van der Waals surface area contributed by atoms with Crippen molar-refractivity contribution in [3.8, 4) is 11.5 Å². The molecule has 1 heterocycles. The van der Waals surface area contributed by atoms with Gasteiger partial charge in [-0.1, -0.05) is 11.6 Å². The van der Waals surface area contributed by atoms with E-state index in [0.717, 1.165) is 0 Å². The summed E-state index contributed by atoms with van der Waals surface area (Å²) in [5, 5.41) is 11.9. The molecule has 10 heteroatoms. The van der Waals surface area contributed by atoms with Gasteiger partial charge < -0.3 is 18.6 Å². The molecule has 0 amide bonds. The lowest BCUT2D eigenvalue weighted by atomic mass is 10.0. The van der Waals surface area contributed by atoms with Crippen molar-refractivity contribution < 1.29 is 28.3 Å². The molecule has 0 bridgehead atoms. The maximum Gasteiger partial charge on any atom is 0.339 e. The van der Waals surface area contributed by atoms with E-state index in [-0.39, 0.29) is 48.1 Å². The number of halogens is 1. The van der Waals surface area contributed by atoms with Crippen molar-refractivity contribution >= 4 is 34.2 Å². The number of ether oxygens (including phenoxy) is 3. The smallest absolute Gasteiger partial charge is 0.339 e. The van der Waals surface area contributed by atoms with Crippen LogP contribution in [-0.2, 0) is 22.6 Å². The van der Waals surface area contributed by atoms with Crippen LogP contribution in [-0.4, -0.2) is 24.6 Å². The summed E-state index contributed by atoms with van der Waals surface area (Å²) in [4.78, 5) is 34.7. The zero-order chi connectivity index (χ0) is 24.1. The fourth-order valence-electron chi connectivity index (χ4n) is 3.40. The number of aryl methyl sites for hydroxylation is 1. The Balaban J connectivity index is 1.89. The quantitative estimate of drug-likeness (QED) is 0.188. The van der Waals surface area contributed by atoms with E-state index in [0.29, 0.717) is 27.8 Å². The molecule has 0 saturated carbocycles. The largest absolute Gasteiger partial charge is 0.496 e. The van der Waals surface area contributed by atoms with Crippen LogP contribution in [0.25, 0.3) is 11.0 Å². The van der Waals surface area contributed by atoms with E-state index < -0.39 is 16.5 Å². The van der Waals surface area contributed by atoms with Crippen LogP contribution >= 0.6 is 11.6 Å². The number of esters is 1. The van der Waals surface area contributed by atoms with E-state index in [2.05, 4.69) is 0 Å². The first-order chi connectivity index (χ1) is 15.7. The molecular weight excluding hydrogens is 454 g/mol. The molecule has 0 aliphatic carbocycles. The molecule has 0 atom stereocenters. The molecule has 33 heavy (non-hydrogen) atoms. The minimum atomic E-state index is -0.557. The number of hydrogen-bond donors (Lipinski definition) is 0. The molecule has 0 unspecified atom stereocenters. The molecule has 0 radical (unpaired) electrons. The summed E-state index contributed by atoms with van der Waals surface area (Å²) in [5.41, 5.74) is 1.09. The van der Waals surface area contributed by atoms with Crippen LogP contribution < -0.4 is 15.1 Å². The van der Waals surface area contributed by atoms with Crippen molar-refractivity contribution in [1.29, 1.82) is 0 Å². The van der Waals surface area contributed by atoms with Gasteiger partial charge in [-0.25, -0.2) is 4.79 Å². The number of carbonyl (C=O) groups is 1. The van der Waals surface area contributed by atoms with E-state index in [1.807, 2.05) is 0 Å². The highest BCUT2D eigenvalue weighted by Crippen LogP contribution is 2.33. The average molecular weight is 476 g/mol.